The maximum absolute atomic E-state index is 13.8. The summed E-state index contributed by atoms with van der Waals surface area (Å²) >= 11 is 0. The molecule has 2 rings (SSSR count). The predicted octanol–water partition coefficient (Wildman–Crippen LogP) is -9.39. The summed E-state index contributed by atoms with van der Waals surface area (Å²) < 4.78 is 0. The van der Waals surface area contributed by atoms with Gasteiger partial charge in [-0.1, -0.05) is 42.5 Å². The Kier molecular flexibility index (Phi) is 19.2. The highest BCUT2D eigenvalue weighted by Crippen LogP contribution is 2.14. The molecule has 0 fully saturated rings. The Labute approximate surface area is 358 Å². The van der Waals surface area contributed by atoms with Crippen molar-refractivity contribution in [1.82, 2.24) is 58.5 Å². The Bertz CT molecular complexity index is 2020. The fraction of sp³-hybridized carbons (Fsp3) is 0.303. The number of aliphatic hydroxyl groups excluding tert-OH is 1. The normalized spacial score (nSPS) is 13.8. The summed E-state index contributed by atoms with van der Waals surface area (Å²) in [6, 6.07) is 13.2. The van der Waals surface area contributed by atoms with E-state index in [1.54, 1.807) is 18.2 Å². The van der Waals surface area contributed by atoms with Crippen molar-refractivity contribution in [3.05, 3.63) is 65.7 Å². The molecule has 0 radical (unpaired) electrons. The lowest BCUT2D eigenvalue weighted by Gasteiger charge is -2.28. The quantitative estimate of drug-likeness (QED) is 0.0296. The van der Waals surface area contributed by atoms with Crippen molar-refractivity contribution in [2.24, 2.45) is 34.4 Å². The van der Waals surface area contributed by atoms with Gasteiger partial charge in [-0.15, -0.1) is 0 Å². The molecule has 0 spiro atoms. The molecule has 2 aromatic rings. The molecule has 28 N–H and O–H groups in total. The van der Waals surface area contributed by atoms with Crippen LogP contribution in [0.2, 0.25) is 0 Å². The Morgan fingerprint density at radius 2 is 0.921 bits per heavy atom. The van der Waals surface area contributed by atoms with Gasteiger partial charge in [0.05, 0.1) is 0 Å². The lowest BCUT2D eigenvalue weighted by atomic mass is 10.1. The lowest BCUT2D eigenvalue weighted by Crippen LogP contribution is -2.69. The van der Waals surface area contributed by atoms with E-state index in [1.165, 1.54) is 24.3 Å². The first-order valence-electron chi connectivity index (χ1n) is 18.0. The molecule has 0 aliphatic rings. The number of nitrogens with one attached hydrogen (secondary N) is 15. The van der Waals surface area contributed by atoms with Crippen LogP contribution in [0.3, 0.4) is 0 Å². The average Bonchev–Trinajstić information content (AvgIpc) is 3.20. The summed E-state index contributed by atoms with van der Waals surface area (Å²) in [6.07, 6.45) is -11.8. The van der Waals surface area contributed by atoms with Crippen molar-refractivity contribution in [2.75, 3.05) is 19.0 Å². The highest BCUT2D eigenvalue weighted by molar-refractivity contribution is 6.00. The minimum absolute atomic E-state index is 0.0525. The summed E-state index contributed by atoms with van der Waals surface area (Å²) in [6.45, 7) is 0.0525. The number of amides is 7. The second-order valence-electron chi connectivity index (χ2n) is 13.1. The van der Waals surface area contributed by atoms with E-state index >= 15 is 0 Å². The van der Waals surface area contributed by atoms with Gasteiger partial charge in [-0.3, -0.25) is 60.5 Å². The third kappa shape index (κ3) is 17.3. The molecule has 342 valence electrons. The summed E-state index contributed by atoms with van der Waals surface area (Å²) in [5.41, 5.74) is 33.8. The Morgan fingerprint density at radius 1 is 0.540 bits per heavy atom. The van der Waals surface area contributed by atoms with Crippen molar-refractivity contribution >= 4 is 70.9 Å². The fourth-order valence-electron chi connectivity index (χ4n) is 4.89. The van der Waals surface area contributed by atoms with Gasteiger partial charge in [0.15, 0.2) is 60.9 Å². The van der Waals surface area contributed by atoms with E-state index in [4.69, 9.17) is 56.0 Å². The van der Waals surface area contributed by atoms with E-state index < -0.39 is 108 Å². The van der Waals surface area contributed by atoms with Crippen molar-refractivity contribution in [2.45, 2.75) is 49.6 Å². The summed E-state index contributed by atoms with van der Waals surface area (Å²) in [4.78, 5) is 93.3. The molecule has 0 saturated carbocycles. The number of hydrogen-bond donors (Lipinski definition) is 22. The second-order valence-corrected chi connectivity index (χ2v) is 13.1. The van der Waals surface area contributed by atoms with E-state index in [9.17, 15) is 38.7 Å². The van der Waals surface area contributed by atoms with Crippen LogP contribution < -0.4 is 97.8 Å². The Balaban J connectivity index is 2.32. The molecule has 0 saturated heterocycles. The summed E-state index contributed by atoms with van der Waals surface area (Å²) in [5, 5.41) is 64.7. The highest BCUT2D eigenvalue weighted by Gasteiger charge is 2.34. The molecule has 0 bridgehead atoms. The predicted molar refractivity (Wildman–Crippen MR) is 224 cm³/mol. The third-order valence-electron chi connectivity index (χ3n) is 7.88. The number of carbonyl (C=O) groups excluding carboxylic acids is 7. The summed E-state index contributed by atoms with van der Waals surface area (Å²) in [5.74, 6) is -12.3. The minimum Gasteiger partial charge on any atom is -0.378 e. The monoisotopic (exact) mass is 884 g/mol. The topological polar surface area (TPSA) is 527 Å². The maximum atomic E-state index is 13.8. The number of benzene rings is 2. The van der Waals surface area contributed by atoms with Gasteiger partial charge in [0, 0.05) is 26.3 Å². The number of carbonyl (C=O) groups is 7. The number of nitrogens with zero attached hydrogens (tertiary/aromatic N) is 1. The molecule has 30 nitrogen and oxygen atoms in total. The van der Waals surface area contributed by atoms with E-state index in [0.29, 0.717) is 0 Å². The number of guanidine groups is 4. The SMILES string of the molecule is CN(C)c1ccc(CNC(O)C(=O)NC(C(=O)NC(NC(=N)N)C(=O)NC(NC(=N)N)C(=O)NC(NC(=N)N)C(=O)NC(NC(=N)N)C(=O)NC(N)C(N)=O)c2ccccc2)cc1. The fourth-order valence-corrected chi connectivity index (χ4v) is 4.89. The van der Waals surface area contributed by atoms with Crippen molar-refractivity contribution < 1.29 is 38.7 Å². The van der Waals surface area contributed by atoms with Crippen LogP contribution in [0.5, 0.6) is 0 Å². The minimum atomic E-state index is -2.11. The maximum Gasteiger partial charge on any atom is 0.265 e. The first kappa shape index (κ1) is 50.6. The standard InChI is InChI=1S/C33H52N22O8/c1-55(2)15-10-8-13(9-11-15)12-44-28(62)29(63)45-16(14-6-4-3-5-7-14)23(57)47-20(52-31(38)39)25(59)49-22(54-33(42)43)27(61)50-21(53-32(40)41)26(60)48-19(51-30(36)37)24(58)46-17(34)18(35)56/h3-11,16-17,19-22,28,44,62H,12,34H2,1-2H3,(H2,35,56)(H,45,63)(H,46,58)(H,47,57)(H,48,60)(H,49,59)(H,50,61)(H4,36,37,51)(H4,38,39,52)(H4,40,41,53)(H4,42,43,54). The summed E-state index contributed by atoms with van der Waals surface area (Å²) in [7, 11) is 3.72. The average molecular weight is 885 g/mol. The van der Waals surface area contributed by atoms with Crippen LogP contribution >= 0.6 is 0 Å². The van der Waals surface area contributed by atoms with E-state index in [2.05, 4.69) is 37.2 Å². The van der Waals surface area contributed by atoms with E-state index in [-0.39, 0.29) is 12.1 Å². The van der Waals surface area contributed by atoms with Crippen molar-refractivity contribution in [3.8, 4) is 0 Å². The van der Waals surface area contributed by atoms with Gasteiger partial charge in [0.25, 0.3) is 35.4 Å². The molecule has 7 atom stereocenters. The first-order valence-corrected chi connectivity index (χ1v) is 18.0. The van der Waals surface area contributed by atoms with Gasteiger partial charge >= 0.3 is 0 Å². The van der Waals surface area contributed by atoms with Gasteiger partial charge in [-0.05, 0) is 23.3 Å². The van der Waals surface area contributed by atoms with Crippen molar-refractivity contribution in [1.29, 1.82) is 21.6 Å². The molecule has 7 unspecified atom stereocenters. The highest BCUT2D eigenvalue weighted by atomic mass is 16.3. The molecule has 0 aromatic heterocycles. The zero-order valence-corrected chi connectivity index (χ0v) is 33.7. The van der Waals surface area contributed by atoms with Crippen molar-refractivity contribution in [3.63, 3.8) is 0 Å². The largest absolute Gasteiger partial charge is 0.378 e. The molecular weight excluding hydrogens is 833 g/mol. The van der Waals surface area contributed by atoms with E-state index in [0.717, 1.165) is 11.3 Å². The number of primary amides is 1. The number of hydrogen-bond acceptors (Lipinski definition) is 15. The van der Waals surface area contributed by atoms with Crippen LogP contribution in [0.4, 0.5) is 5.69 Å². The van der Waals surface area contributed by atoms with Crippen LogP contribution in [0.1, 0.15) is 17.2 Å². The van der Waals surface area contributed by atoms with Crippen LogP contribution in [-0.2, 0) is 40.1 Å². The molecule has 2 aromatic carbocycles. The number of anilines is 1. The molecule has 30 heteroatoms. The number of rotatable bonds is 22. The Hall–Kier alpha value is -8.51. The van der Waals surface area contributed by atoms with Gasteiger partial charge in [0.2, 0.25) is 5.91 Å². The molecule has 7 amide bonds. The molecular formula is C33H52N22O8. The molecule has 0 aliphatic carbocycles. The van der Waals surface area contributed by atoms with Gasteiger partial charge < -0.3 is 97.6 Å². The van der Waals surface area contributed by atoms with Gasteiger partial charge in [-0.2, -0.15) is 0 Å². The number of aliphatic hydroxyl groups is 1. The lowest BCUT2D eigenvalue weighted by molar-refractivity contribution is -0.137. The van der Waals surface area contributed by atoms with Gasteiger partial charge in [-0.25, -0.2) is 0 Å². The zero-order chi connectivity index (χ0) is 47.6. The Morgan fingerprint density at radius 3 is 1.29 bits per heavy atom. The van der Waals surface area contributed by atoms with Crippen LogP contribution in [0.15, 0.2) is 54.6 Å². The third-order valence-corrected chi connectivity index (χ3v) is 7.88. The molecule has 63 heavy (non-hydrogen) atoms. The van der Waals surface area contributed by atoms with E-state index in [1.807, 2.05) is 52.4 Å². The van der Waals surface area contributed by atoms with Gasteiger partial charge in [0.1, 0.15) is 6.04 Å². The molecule has 0 heterocycles. The molecule has 0 aliphatic heterocycles. The van der Waals surface area contributed by atoms with Crippen LogP contribution in [0, 0.1) is 21.6 Å². The first-order chi connectivity index (χ1) is 29.5. The zero-order valence-electron chi connectivity index (χ0n) is 33.7. The second kappa shape index (κ2) is 23.9. The smallest absolute Gasteiger partial charge is 0.265 e. The number of nitrogens with two attached hydrogens (primary N) is 6. The van der Waals surface area contributed by atoms with Crippen LogP contribution in [0.25, 0.3) is 0 Å². The van der Waals surface area contributed by atoms with Crippen LogP contribution in [-0.4, -0.2) is 121 Å².